The van der Waals surface area contributed by atoms with Crippen LogP contribution in [0.3, 0.4) is 0 Å². The van der Waals surface area contributed by atoms with Crippen molar-refractivity contribution in [3.05, 3.63) is 63.6 Å². The van der Waals surface area contributed by atoms with E-state index in [2.05, 4.69) is 28.7 Å². The molecule has 0 spiro atoms. The van der Waals surface area contributed by atoms with E-state index in [4.69, 9.17) is 0 Å². The number of rotatable bonds is 5. The van der Waals surface area contributed by atoms with Crippen molar-refractivity contribution in [3.8, 4) is 0 Å². The fraction of sp³-hybridized carbons (Fsp3) is 0.476. The van der Waals surface area contributed by atoms with Crippen LogP contribution in [0.1, 0.15) is 42.0 Å². The fourth-order valence-electron chi connectivity index (χ4n) is 3.53. The average Bonchev–Trinajstić information content (AvgIpc) is 2.87. The largest absolute Gasteiger partial charge is 0.345 e. The molecule has 2 heterocycles. The normalized spacial score (nSPS) is 15.6. The van der Waals surface area contributed by atoms with Crippen LogP contribution >= 0.6 is 0 Å². The number of carbonyl (C=O) groups excluding carboxylic acids is 1. The zero-order valence-corrected chi connectivity index (χ0v) is 16.4. The molecule has 0 radical (unpaired) electrons. The van der Waals surface area contributed by atoms with Gasteiger partial charge in [0.05, 0.1) is 0 Å². The van der Waals surface area contributed by atoms with Crippen molar-refractivity contribution in [1.82, 2.24) is 19.8 Å². The number of benzene rings is 1. The van der Waals surface area contributed by atoms with E-state index in [1.54, 1.807) is 23.1 Å². The van der Waals surface area contributed by atoms with Gasteiger partial charge in [0.2, 0.25) is 0 Å². The summed E-state index contributed by atoms with van der Waals surface area (Å²) >= 11 is 0. The smallest absolute Gasteiger partial charge is 0.336 e. The minimum absolute atomic E-state index is 0.196. The molecule has 1 amide bonds. The van der Waals surface area contributed by atoms with Crippen molar-refractivity contribution in [2.45, 2.75) is 33.2 Å². The number of nitrogens with one attached hydrogen (secondary N) is 1. The van der Waals surface area contributed by atoms with Gasteiger partial charge in [-0.05, 0) is 30.9 Å². The second kappa shape index (κ2) is 9.10. The van der Waals surface area contributed by atoms with Crippen molar-refractivity contribution < 1.29 is 9.18 Å². The standard InChI is InChI=1S/C21H27FN4O2/c1-15(2)12-17-13-19(24-21(28)23-17)20(27)26-9-5-8-25(10-11-26)14-16-6-3-4-7-18(16)22/h3-4,6-7,13,15H,5,8-12,14H2,1-2H3,(H,23,24,28). The molecule has 7 heteroatoms. The van der Waals surface area contributed by atoms with E-state index in [0.29, 0.717) is 44.1 Å². The molecule has 0 bridgehead atoms. The summed E-state index contributed by atoms with van der Waals surface area (Å²) in [5.74, 6) is -0.0555. The summed E-state index contributed by atoms with van der Waals surface area (Å²) in [6.45, 7) is 7.21. The fourth-order valence-corrected chi connectivity index (χ4v) is 3.53. The molecule has 1 saturated heterocycles. The first-order valence-corrected chi connectivity index (χ1v) is 9.77. The number of carbonyl (C=O) groups is 1. The van der Waals surface area contributed by atoms with Crippen LogP contribution in [-0.4, -0.2) is 51.9 Å². The quantitative estimate of drug-likeness (QED) is 0.857. The van der Waals surface area contributed by atoms with E-state index in [9.17, 15) is 14.0 Å². The minimum atomic E-state index is -0.488. The van der Waals surface area contributed by atoms with Gasteiger partial charge in [-0.15, -0.1) is 0 Å². The third-order valence-corrected chi connectivity index (χ3v) is 4.88. The van der Waals surface area contributed by atoms with Crippen molar-refractivity contribution in [2.75, 3.05) is 26.2 Å². The second-order valence-corrected chi connectivity index (χ2v) is 7.71. The molecule has 1 aromatic heterocycles. The highest BCUT2D eigenvalue weighted by Crippen LogP contribution is 2.14. The van der Waals surface area contributed by atoms with E-state index in [1.165, 1.54) is 6.07 Å². The lowest BCUT2D eigenvalue weighted by Crippen LogP contribution is -2.36. The van der Waals surface area contributed by atoms with Gasteiger partial charge in [0, 0.05) is 44.0 Å². The van der Waals surface area contributed by atoms with E-state index in [1.807, 2.05) is 6.07 Å². The number of hydrogen-bond donors (Lipinski definition) is 1. The SMILES string of the molecule is CC(C)Cc1cc(C(=O)N2CCCN(Cc3ccccc3F)CC2)nc(=O)[nH]1. The highest BCUT2D eigenvalue weighted by Gasteiger charge is 2.22. The van der Waals surface area contributed by atoms with Crippen molar-refractivity contribution in [1.29, 1.82) is 0 Å². The third kappa shape index (κ3) is 5.25. The first-order valence-electron chi connectivity index (χ1n) is 9.77. The summed E-state index contributed by atoms with van der Waals surface area (Å²) in [7, 11) is 0. The molecular formula is C21H27FN4O2. The summed E-state index contributed by atoms with van der Waals surface area (Å²) in [6.07, 6.45) is 1.48. The van der Waals surface area contributed by atoms with Gasteiger partial charge < -0.3 is 9.88 Å². The van der Waals surface area contributed by atoms with E-state index < -0.39 is 5.69 Å². The van der Waals surface area contributed by atoms with E-state index in [0.717, 1.165) is 18.7 Å². The molecule has 0 unspecified atom stereocenters. The Morgan fingerprint density at radius 1 is 1.21 bits per heavy atom. The predicted octanol–water partition coefficient (Wildman–Crippen LogP) is 2.46. The van der Waals surface area contributed by atoms with Crippen LogP contribution in [0.5, 0.6) is 0 Å². The van der Waals surface area contributed by atoms with Gasteiger partial charge in [0.25, 0.3) is 5.91 Å². The van der Waals surface area contributed by atoms with Gasteiger partial charge in [0.15, 0.2) is 0 Å². The van der Waals surface area contributed by atoms with Gasteiger partial charge in [-0.2, -0.15) is 4.98 Å². The highest BCUT2D eigenvalue weighted by atomic mass is 19.1. The lowest BCUT2D eigenvalue weighted by molar-refractivity contribution is 0.0754. The third-order valence-electron chi connectivity index (χ3n) is 4.88. The molecule has 1 N–H and O–H groups in total. The molecule has 0 aliphatic carbocycles. The van der Waals surface area contributed by atoms with Gasteiger partial charge >= 0.3 is 5.69 Å². The summed E-state index contributed by atoms with van der Waals surface area (Å²) in [5, 5.41) is 0. The minimum Gasteiger partial charge on any atom is -0.336 e. The number of aromatic amines is 1. The Kier molecular flexibility index (Phi) is 6.57. The molecule has 2 aromatic rings. The van der Waals surface area contributed by atoms with Crippen molar-refractivity contribution in [3.63, 3.8) is 0 Å². The topological polar surface area (TPSA) is 69.3 Å². The Labute approximate surface area is 164 Å². The van der Waals surface area contributed by atoms with E-state index >= 15 is 0 Å². The summed E-state index contributed by atoms with van der Waals surface area (Å²) in [4.78, 5) is 35.2. The van der Waals surface area contributed by atoms with Gasteiger partial charge in [-0.3, -0.25) is 9.69 Å². The number of hydrogen-bond acceptors (Lipinski definition) is 4. The highest BCUT2D eigenvalue weighted by molar-refractivity contribution is 5.92. The van der Waals surface area contributed by atoms with Crippen LogP contribution < -0.4 is 5.69 Å². The molecule has 0 atom stereocenters. The summed E-state index contributed by atoms with van der Waals surface area (Å²) in [5.41, 5.74) is 1.10. The van der Waals surface area contributed by atoms with Crippen LogP contribution in [0.4, 0.5) is 4.39 Å². The van der Waals surface area contributed by atoms with E-state index in [-0.39, 0.29) is 17.4 Å². The first kappa shape index (κ1) is 20.2. The maximum Gasteiger partial charge on any atom is 0.345 e. The molecule has 1 fully saturated rings. The molecule has 1 aliphatic heterocycles. The molecule has 28 heavy (non-hydrogen) atoms. The molecule has 150 valence electrons. The number of H-pyrrole nitrogens is 1. The van der Waals surface area contributed by atoms with Crippen LogP contribution in [0.25, 0.3) is 0 Å². The Balaban J connectivity index is 1.67. The van der Waals surface area contributed by atoms with Crippen molar-refractivity contribution >= 4 is 5.91 Å². The Morgan fingerprint density at radius 2 is 2.00 bits per heavy atom. The van der Waals surface area contributed by atoms with Gasteiger partial charge in [-0.25, -0.2) is 9.18 Å². The lowest BCUT2D eigenvalue weighted by Gasteiger charge is -2.22. The molecule has 3 rings (SSSR count). The maximum atomic E-state index is 13.9. The molecule has 0 saturated carbocycles. The number of aromatic nitrogens is 2. The predicted molar refractivity (Wildman–Crippen MR) is 106 cm³/mol. The van der Waals surface area contributed by atoms with Crippen LogP contribution in [0.15, 0.2) is 35.1 Å². The summed E-state index contributed by atoms with van der Waals surface area (Å²) < 4.78 is 13.9. The molecule has 6 nitrogen and oxygen atoms in total. The number of nitrogens with zero attached hydrogens (tertiary/aromatic N) is 3. The second-order valence-electron chi connectivity index (χ2n) is 7.71. The van der Waals surface area contributed by atoms with Crippen molar-refractivity contribution in [2.24, 2.45) is 5.92 Å². The molecule has 1 aromatic carbocycles. The van der Waals surface area contributed by atoms with Crippen LogP contribution in [0.2, 0.25) is 0 Å². The number of amides is 1. The maximum absolute atomic E-state index is 13.9. The lowest BCUT2D eigenvalue weighted by atomic mass is 10.1. The zero-order chi connectivity index (χ0) is 20.1. The van der Waals surface area contributed by atoms with Gasteiger partial charge in [-0.1, -0.05) is 32.0 Å². The average molecular weight is 386 g/mol. The molecular weight excluding hydrogens is 359 g/mol. The summed E-state index contributed by atoms with van der Waals surface area (Å²) in [6, 6.07) is 8.46. The first-order chi connectivity index (χ1) is 13.4. The zero-order valence-electron chi connectivity index (χ0n) is 16.4. The Morgan fingerprint density at radius 3 is 2.75 bits per heavy atom. The Hall–Kier alpha value is -2.54. The number of halogens is 1. The Bertz CT molecular complexity index is 881. The van der Waals surface area contributed by atoms with Crippen LogP contribution in [-0.2, 0) is 13.0 Å². The van der Waals surface area contributed by atoms with Crippen LogP contribution in [0, 0.1) is 11.7 Å². The molecule has 1 aliphatic rings. The monoisotopic (exact) mass is 386 g/mol. The van der Waals surface area contributed by atoms with Gasteiger partial charge in [0.1, 0.15) is 11.5 Å².